The third-order valence-electron chi connectivity index (χ3n) is 2.90. The average molecular weight is 364 g/mol. The fourth-order valence-electron chi connectivity index (χ4n) is 1.94. The van der Waals surface area contributed by atoms with Crippen molar-refractivity contribution in [3.63, 3.8) is 0 Å². The standard InChI is InChI=1S/C13H9ClF3N3O4/c1-19-11(13(15,16)17)10(14)12(18-19)24-9-5-3-2-4-7(9)8(21)6-20(22)23/h2-5H,6H2,1H3. The van der Waals surface area contributed by atoms with E-state index in [0.29, 0.717) is 4.68 Å². The second-order valence-electron chi connectivity index (χ2n) is 4.60. The number of hydrogen-bond acceptors (Lipinski definition) is 5. The normalized spacial score (nSPS) is 11.4. The van der Waals surface area contributed by atoms with E-state index in [-0.39, 0.29) is 11.3 Å². The van der Waals surface area contributed by atoms with Crippen molar-refractivity contribution in [2.45, 2.75) is 6.18 Å². The lowest BCUT2D eigenvalue weighted by atomic mass is 10.1. The van der Waals surface area contributed by atoms with Crippen LogP contribution in [0.5, 0.6) is 11.6 Å². The van der Waals surface area contributed by atoms with Gasteiger partial charge in [0.05, 0.1) is 5.56 Å². The van der Waals surface area contributed by atoms with Crippen LogP contribution in [-0.4, -0.2) is 27.0 Å². The van der Waals surface area contributed by atoms with Gasteiger partial charge in [-0.15, -0.1) is 5.10 Å². The number of Topliss-reactive ketones (excluding diaryl/α,β-unsaturated/α-hetero) is 1. The van der Waals surface area contributed by atoms with Crippen LogP contribution >= 0.6 is 11.6 Å². The first-order valence-electron chi connectivity index (χ1n) is 6.33. The molecule has 0 amide bonds. The maximum Gasteiger partial charge on any atom is 0.434 e. The fraction of sp³-hybridized carbons (Fsp3) is 0.231. The number of para-hydroxylation sites is 1. The van der Waals surface area contributed by atoms with Crippen molar-refractivity contribution in [3.05, 3.63) is 50.7 Å². The molecule has 2 rings (SSSR count). The second kappa shape index (κ2) is 6.48. The third-order valence-corrected chi connectivity index (χ3v) is 3.24. The Balaban J connectivity index is 2.40. The van der Waals surface area contributed by atoms with Gasteiger partial charge in [0.1, 0.15) is 10.8 Å². The zero-order valence-corrected chi connectivity index (χ0v) is 12.8. The van der Waals surface area contributed by atoms with Gasteiger partial charge in [-0.3, -0.25) is 19.6 Å². The van der Waals surface area contributed by atoms with Gasteiger partial charge in [0.25, 0.3) is 12.4 Å². The minimum atomic E-state index is -4.75. The molecule has 0 N–H and O–H groups in total. The van der Waals surface area contributed by atoms with Gasteiger partial charge in [0.15, 0.2) is 5.69 Å². The molecule has 7 nitrogen and oxygen atoms in total. The van der Waals surface area contributed by atoms with Crippen LogP contribution in [0.2, 0.25) is 5.02 Å². The van der Waals surface area contributed by atoms with Crippen molar-refractivity contribution in [1.29, 1.82) is 0 Å². The van der Waals surface area contributed by atoms with Gasteiger partial charge in [-0.05, 0) is 12.1 Å². The zero-order chi connectivity index (χ0) is 18.1. The summed E-state index contributed by atoms with van der Waals surface area (Å²) in [6, 6.07) is 5.40. The van der Waals surface area contributed by atoms with Crippen LogP contribution in [0.1, 0.15) is 16.1 Å². The molecule has 1 aromatic heterocycles. The maximum absolute atomic E-state index is 12.9. The molecule has 0 bridgehead atoms. The van der Waals surface area contributed by atoms with Gasteiger partial charge in [-0.25, -0.2) is 0 Å². The smallest absolute Gasteiger partial charge is 0.434 e. The topological polar surface area (TPSA) is 87.3 Å². The van der Waals surface area contributed by atoms with Gasteiger partial charge in [-0.2, -0.15) is 13.2 Å². The Morgan fingerprint density at radius 3 is 2.58 bits per heavy atom. The van der Waals surface area contributed by atoms with E-state index in [4.69, 9.17) is 16.3 Å². The molecule has 0 radical (unpaired) electrons. The predicted octanol–water partition coefficient (Wildman–Crippen LogP) is 3.34. The Labute approximate surface area is 137 Å². The number of aromatic nitrogens is 2. The summed E-state index contributed by atoms with van der Waals surface area (Å²) in [5, 5.41) is 13.2. The summed E-state index contributed by atoms with van der Waals surface area (Å²) in [5.41, 5.74) is -1.38. The minimum absolute atomic E-state index is 0.163. The van der Waals surface area contributed by atoms with Crippen LogP contribution in [0.3, 0.4) is 0 Å². The molecule has 11 heteroatoms. The second-order valence-corrected chi connectivity index (χ2v) is 4.98. The van der Waals surface area contributed by atoms with Crippen LogP contribution in [-0.2, 0) is 13.2 Å². The number of rotatable bonds is 5. The Kier molecular flexibility index (Phi) is 4.78. The van der Waals surface area contributed by atoms with Crippen LogP contribution < -0.4 is 4.74 Å². The largest absolute Gasteiger partial charge is 0.436 e. The maximum atomic E-state index is 12.9. The highest BCUT2D eigenvalue weighted by Crippen LogP contribution is 2.40. The van der Waals surface area contributed by atoms with Crippen LogP contribution in [0.25, 0.3) is 0 Å². The number of nitro groups is 1. The van der Waals surface area contributed by atoms with Gasteiger partial charge in [0, 0.05) is 12.0 Å². The molecule has 0 aliphatic carbocycles. The average Bonchev–Trinajstić information content (AvgIpc) is 2.72. The van der Waals surface area contributed by atoms with E-state index in [9.17, 15) is 28.1 Å². The Morgan fingerprint density at radius 2 is 2.04 bits per heavy atom. The molecule has 0 aliphatic heterocycles. The molecule has 0 saturated carbocycles. The van der Waals surface area contributed by atoms with E-state index < -0.39 is 40.0 Å². The molecule has 0 fully saturated rings. The molecule has 0 aliphatic rings. The molecule has 0 saturated heterocycles. The van der Waals surface area contributed by atoms with E-state index in [1.165, 1.54) is 24.3 Å². The van der Waals surface area contributed by atoms with Crippen molar-refractivity contribution in [2.24, 2.45) is 7.05 Å². The van der Waals surface area contributed by atoms with Crippen LogP contribution in [0, 0.1) is 10.1 Å². The lowest BCUT2D eigenvalue weighted by molar-refractivity contribution is -0.465. The van der Waals surface area contributed by atoms with Crippen molar-refractivity contribution in [3.8, 4) is 11.6 Å². The van der Waals surface area contributed by atoms with E-state index in [1.54, 1.807) is 0 Å². The number of ketones is 1. The van der Waals surface area contributed by atoms with Crippen molar-refractivity contribution in [1.82, 2.24) is 9.78 Å². The van der Waals surface area contributed by atoms with Crippen LogP contribution in [0.4, 0.5) is 13.2 Å². The number of aryl methyl sites for hydroxylation is 1. The molecule has 128 valence electrons. The van der Waals surface area contributed by atoms with E-state index in [1.807, 2.05) is 0 Å². The van der Waals surface area contributed by atoms with Crippen LogP contribution in [0.15, 0.2) is 24.3 Å². The van der Waals surface area contributed by atoms with Crippen molar-refractivity contribution < 1.29 is 27.6 Å². The number of alkyl halides is 3. The SMILES string of the molecule is Cn1nc(Oc2ccccc2C(=O)C[N+](=O)[O-])c(Cl)c1C(F)(F)F. The quantitative estimate of drug-likeness (QED) is 0.462. The van der Waals surface area contributed by atoms with Crippen molar-refractivity contribution in [2.75, 3.05) is 6.54 Å². The summed E-state index contributed by atoms with van der Waals surface area (Å²) in [6.07, 6.45) is -4.75. The number of carbonyl (C=O) groups excluding carboxylic acids is 1. The number of nitrogens with zero attached hydrogens (tertiary/aromatic N) is 3. The number of ether oxygens (including phenoxy) is 1. The summed E-state index contributed by atoms with van der Waals surface area (Å²) < 4.78 is 44.3. The molecule has 1 heterocycles. The number of benzene rings is 1. The third kappa shape index (κ3) is 3.65. The molecule has 0 spiro atoms. The zero-order valence-electron chi connectivity index (χ0n) is 12.0. The summed E-state index contributed by atoms with van der Waals surface area (Å²) >= 11 is 5.66. The molecule has 0 atom stereocenters. The molecular formula is C13H9ClF3N3O4. The van der Waals surface area contributed by atoms with Gasteiger partial charge in [0.2, 0.25) is 5.78 Å². The fourth-order valence-corrected chi connectivity index (χ4v) is 2.25. The number of carbonyl (C=O) groups is 1. The van der Waals surface area contributed by atoms with E-state index in [0.717, 1.165) is 7.05 Å². The molecule has 24 heavy (non-hydrogen) atoms. The Bertz CT molecular complexity index is 804. The van der Waals surface area contributed by atoms with E-state index >= 15 is 0 Å². The Hall–Kier alpha value is -2.62. The molecular weight excluding hydrogens is 355 g/mol. The first-order valence-corrected chi connectivity index (χ1v) is 6.70. The highest BCUT2D eigenvalue weighted by molar-refractivity contribution is 6.32. The number of halogens is 4. The highest BCUT2D eigenvalue weighted by Gasteiger charge is 2.39. The lowest BCUT2D eigenvalue weighted by Crippen LogP contribution is -2.14. The van der Waals surface area contributed by atoms with Gasteiger partial charge >= 0.3 is 6.18 Å². The lowest BCUT2D eigenvalue weighted by Gasteiger charge is -2.08. The molecule has 0 unspecified atom stereocenters. The van der Waals surface area contributed by atoms with Gasteiger partial charge in [-0.1, -0.05) is 23.7 Å². The summed E-state index contributed by atoms with van der Waals surface area (Å²) in [4.78, 5) is 21.4. The predicted molar refractivity (Wildman–Crippen MR) is 75.9 cm³/mol. The summed E-state index contributed by atoms with van der Waals surface area (Å²) in [5.74, 6) is -1.61. The monoisotopic (exact) mass is 363 g/mol. The molecule has 2 aromatic rings. The first kappa shape index (κ1) is 17.7. The minimum Gasteiger partial charge on any atom is -0.436 e. The number of hydrogen-bond donors (Lipinski definition) is 0. The van der Waals surface area contributed by atoms with Crippen molar-refractivity contribution >= 4 is 17.4 Å². The van der Waals surface area contributed by atoms with Gasteiger partial charge < -0.3 is 4.74 Å². The summed E-state index contributed by atoms with van der Waals surface area (Å²) in [7, 11) is 1.03. The first-order chi connectivity index (χ1) is 11.1. The molecule has 1 aromatic carbocycles. The highest BCUT2D eigenvalue weighted by atomic mass is 35.5. The van der Waals surface area contributed by atoms with E-state index in [2.05, 4.69) is 5.10 Å². The Morgan fingerprint density at radius 1 is 1.42 bits per heavy atom. The summed E-state index contributed by atoms with van der Waals surface area (Å²) in [6.45, 7) is -0.982.